The zero-order valence-corrected chi connectivity index (χ0v) is 18.8. The Kier molecular flexibility index (Phi) is 6.55. The van der Waals surface area contributed by atoms with Gasteiger partial charge in [-0.1, -0.05) is 6.07 Å². The number of allylic oxidation sites excluding steroid dienone is 1. The maximum absolute atomic E-state index is 12.8. The number of hydrogen-bond donors (Lipinski definition) is 2. The van der Waals surface area contributed by atoms with Crippen LogP contribution in [0.25, 0.3) is 11.1 Å². The van der Waals surface area contributed by atoms with Crippen LogP contribution in [-0.2, 0) is 27.4 Å². The first kappa shape index (κ1) is 22.4. The largest absolute Gasteiger partial charge is 0.448 e. The van der Waals surface area contributed by atoms with Crippen molar-refractivity contribution < 1.29 is 19.1 Å². The van der Waals surface area contributed by atoms with Gasteiger partial charge >= 0.3 is 6.09 Å². The molecule has 0 unspecified atom stereocenters. The van der Waals surface area contributed by atoms with E-state index in [0.717, 1.165) is 60.9 Å². The van der Waals surface area contributed by atoms with E-state index in [1.807, 2.05) is 31.3 Å². The lowest BCUT2D eigenvalue weighted by molar-refractivity contribution is -0.110. The lowest BCUT2D eigenvalue weighted by Gasteiger charge is -2.25. The van der Waals surface area contributed by atoms with E-state index < -0.39 is 0 Å². The number of halogens is 1. The van der Waals surface area contributed by atoms with Crippen molar-refractivity contribution in [2.45, 2.75) is 20.0 Å². The second-order valence-electron chi connectivity index (χ2n) is 8.18. The van der Waals surface area contributed by atoms with Crippen LogP contribution in [0.3, 0.4) is 0 Å². The number of amides is 2. The molecule has 8 nitrogen and oxygen atoms in total. The molecule has 0 spiro atoms. The minimum absolute atomic E-state index is 0. The number of ether oxygens (including phenoxy) is 2. The number of nitrogens with one attached hydrogen (secondary N) is 2. The number of carbonyl (C=O) groups excluding carboxylic acids is 2. The van der Waals surface area contributed by atoms with Crippen molar-refractivity contribution in [3.63, 3.8) is 0 Å². The van der Waals surface area contributed by atoms with Crippen molar-refractivity contribution in [3.05, 3.63) is 52.8 Å². The molecule has 2 aromatic rings. The van der Waals surface area contributed by atoms with Crippen LogP contribution in [0.5, 0.6) is 0 Å². The first-order valence-electron chi connectivity index (χ1n) is 10.6. The maximum Gasteiger partial charge on any atom is 0.410 e. The molecule has 9 heteroatoms. The quantitative estimate of drug-likeness (QED) is 0.672. The van der Waals surface area contributed by atoms with Crippen LogP contribution in [0.1, 0.15) is 29.3 Å². The van der Waals surface area contributed by atoms with E-state index in [4.69, 9.17) is 9.47 Å². The molecule has 2 saturated heterocycles. The summed E-state index contributed by atoms with van der Waals surface area (Å²) in [6, 6.07) is 7.96. The number of benzene rings is 1. The smallest absolute Gasteiger partial charge is 0.410 e. The molecule has 0 bridgehead atoms. The highest BCUT2D eigenvalue weighted by molar-refractivity contribution is 6.36. The molecular formula is C23H27ClN4O4. The van der Waals surface area contributed by atoms with Crippen LogP contribution in [0.2, 0.25) is 0 Å². The Morgan fingerprint density at radius 2 is 1.84 bits per heavy atom. The molecule has 170 valence electrons. The van der Waals surface area contributed by atoms with Crippen molar-refractivity contribution in [1.82, 2.24) is 14.8 Å². The third-order valence-corrected chi connectivity index (χ3v) is 6.08. The van der Waals surface area contributed by atoms with Crippen LogP contribution in [-0.4, -0.2) is 66.2 Å². The number of morpholine rings is 1. The molecule has 0 aliphatic carbocycles. The summed E-state index contributed by atoms with van der Waals surface area (Å²) in [5, 5.41) is 2.96. The van der Waals surface area contributed by atoms with Gasteiger partial charge in [-0.05, 0) is 41.8 Å². The predicted molar refractivity (Wildman–Crippen MR) is 123 cm³/mol. The third-order valence-electron chi connectivity index (χ3n) is 6.08. The van der Waals surface area contributed by atoms with E-state index in [2.05, 4.69) is 21.3 Å². The van der Waals surface area contributed by atoms with Gasteiger partial charge in [-0.15, -0.1) is 12.4 Å². The number of carbonyl (C=O) groups is 2. The number of cyclic esters (lactones) is 1. The number of H-pyrrole nitrogens is 1. The second-order valence-corrected chi connectivity index (χ2v) is 8.18. The third kappa shape index (κ3) is 4.39. The summed E-state index contributed by atoms with van der Waals surface area (Å²) >= 11 is 0. The van der Waals surface area contributed by atoms with Gasteiger partial charge in [0.05, 0.1) is 25.3 Å². The van der Waals surface area contributed by atoms with Gasteiger partial charge in [0.25, 0.3) is 5.91 Å². The van der Waals surface area contributed by atoms with Gasteiger partial charge < -0.3 is 24.7 Å². The summed E-state index contributed by atoms with van der Waals surface area (Å²) in [6.45, 7) is 7.73. The topological polar surface area (TPSA) is 86.9 Å². The minimum atomic E-state index is -0.291. The molecule has 3 aliphatic heterocycles. The first-order valence-corrected chi connectivity index (χ1v) is 10.6. The van der Waals surface area contributed by atoms with E-state index in [1.165, 1.54) is 5.56 Å². The molecule has 2 amide bonds. The van der Waals surface area contributed by atoms with Crippen LogP contribution < -0.4 is 5.32 Å². The minimum Gasteiger partial charge on any atom is -0.448 e. The van der Waals surface area contributed by atoms with Crippen LogP contribution in [0.4, 0.5) is 10.5 Å². The van der Waals surface area contributed by atoms with Crippen molar-refractivity contribution >= 4 is 41.2 Å². The number of rotatable bonds is 5. The number of nitrogens with zero attached hydrogens (tertiary/aromatic N) is 2. The Bertz CT molecular complexity index is 1060. The zero-order chi connectivity index (χ0) is 21.4. The molecule has 32 heavy (non-hydrogen) atoms. The molecule has 2 fully saturated rings. The first-order chi connectivity index (χ1) is 15.1. The Balaban J connectivity index is 0.00000245. The van der Waals surface area contributed by atoms with Crippen molar-refractivity contribution in [3.8, 4) is 0 Å². The highest BCUT2D eigenvalue weighted by atomic mass is 35.5. The van der Waals surface area contributed by atoms with Gasteiger partial charge in [0, 0.05) is 49.3 Å². The number of aromatic amines is 1. The van der Waals surface area contributed by atoms with Gasteiger partial charge in [0.2, 0.25) is 0 Å². The summed E-state index contributed by atoms with van der Waals surface area (Å²) in [5.41, 5.74) is 6.34. The summed E-state index contributed by atoms with van der Waals surface area (Å²) in [4.78, 5) is 31.9. The molecule has 4 heterocycles. The van der Waals surface area contributed by atoms with Crippen LogP contribution in [0.15, 0.2) is 30.5 Å². The fourth-order valence-electron chi connectivity index (χ4n) is 4.37. The van der Waals surface area contributed by atoms with E-state index in [0.29, 0.717) is 25.3 Å². The summed E-state index contributed by atoms with van der Waals surface area (Å²) in [6.07, 6.45) is 1.72. The predicted octanol–water partition coefficient (Wildman–Crippen LogP) is 3.10. The van der Waals surface area contributed by atoms with Gasteiger partial charge in [-0.25, -0.2) is 4.79 Å². The zero-order valence-electron chi connectivity index (χ0n) is 18.0. The van der Waals surface area contributed by atoms with E-state index in [-0.39, 0.29) is 24.4 Å². The van der Waals surface area contributed by atoms with Crippen LogP contribution in [0, 0.1) is 0 Å². The highest BCUT2D eigenvalue weighted by Crippen LogP contribution is 2.37. The highest BCUT2D eigenvalue weighted by Gasteiger charge is 2.28. The average Bonchev–Trinajstić information content (AvgIpc) is 3.47. The molecule has 5 rings (SSSR count). The summed E-state index contributed by atoms with van der Waals surface area (Å²) < 4.78 is 10.4. The number of aromatic nitrogens is 1. The second kappa shape index (κ2) is 9.36. The monoisotopic (exact) mass is 458 g/mol. The maximum atomic E-state index is 12.8. The van der Waals surface area contributed by atoms with Gasteiger partial charge in [0.15, 0.2) is 0 Å². The molecular weight excluding hydrogens is 432 g/mol. The van der Waals surface area contributed by atoms with Gasteiger partial charge in [-0.2, -0.15) is 0 Å². The van der Waals surface area contributed by atoms with Gasteiger partial charge in [0.1, 0.15) is 6.61 Å². The molecule has 0 atom stereocenters. The Morgan fingerprint density at radius 3 is 2.59 bits per heavy atom. The van der Waals surface area contributed by atoms with E-state index in [9.17, 15) is 9.59 Å². The van der Waals surface area contributed by atoms with Crippen molar-refractivity contribution in [2.24, 2.45) is 0 Å². The Hall–Kier alpha value is -2.81. The average molecular weight is 459 g/mol. The number of anilines is 1. The number of hydrogen-bond acceptors (Lipinski definition) is 5. The molecule has 2 N–H and O–H groups in total. The molecule has 0 radical (unpaired) electrons. The summed E-state index contributed by atoms with van der Waals surface area (Å²) in [7, 11) is 0. The Labute approximate surface area is 193 Å². The normalized spacial score (nSPS) is 20.0. The standard InChI is InChI=1S/C23H26N4O4.ClH/c1-15(20-11-17(12-24-20)13-26-4-7-30-8-5-26)21-18-10-16(2-3-19(18)25-22(21)28)14-27-6-9-31-23(27)29;/h2-3,10-12,24H,4-9,13-14H2,1H3,(H,25,28);1H. The van der Waals surface area contributed by atoms with Crippen molar-refractivity contribution in [1.29, 1.82) is 0 Å². The van der Waals surface area contributed by atoms with Crippen molar-refractivity contribution in [2.75, 3.05) is 44.8 Å². The fourth-order valence-corrected chi connectivity index (χ4v) is 4.37. The molecule has 3 aliphatic rings. The molecule has 0 saturated carbocycles. The van der Waals surface area contributed by atoms with E-state index >= 15 is 0 Å². The van der Waals surface area contributed by atoms with Crippen LogP contribution >= 0.6 is 12.4 Å². The Morgan fingerprint density at radius 1 is 1.03 bits per heavy atom. The lowest BCUT2D eigenvalue weighted by atomic mass is 9.98. The SMILES string of the molecule is CC(=C1C(=O)Nc2ccc(CN3CCOC3=O)cc21)c1cc(CN2CCOCC2)c[nH]1.Cl. The number of fused-ring (bicyclic) bond motifs is 1. The fraction of sp³-hybridized carbons (Fsp3) is 0.391. The van der Waals surface area contributed by atoms with E-state index in [1.54, 1.807) is 4.90 Å². The molecule has 1 aromatic heterocycles. The molecule has 1 aromatic carbocycles. The van der Waals surface area contributed by atoms with Gasteiger partial charge in [-0.3, -0.25) is 9.69 Å². The lowest BCUT2D eigenvalue weighted by Crippen LogP contribution is -2.35. The summed E-state index contributed by atoms with van der Waals surface area (Å²) in [5.74, 6) is -0.102.